The second-order valence-corrected chi connectivity index (χ2v) is 6.49. The number of morpholine rings is 1. The summed E-state index contributed by atoms with van der Waals surface area (Å²) in [5.41, 5.74) is 2.56. The fourth-order valence-corrected chi connectivity index (χ4v) is 3.83. The summed E-state index contributed by atoms with van der Waals surface area (Å²) in [5, 5.41) is 14.8. The first-order valence-corrected chi connectivity index (χ1v) is 8.28. The maximum absolute atomic E-state index is 10.7. The van der Waals surface area contributed by atoms with Crippen LogP contribution in [0.3, 0.4) is 0 Å². The molecule has 1 aromatic heterocycles. The van der Waals surface area contributed by atoms with Crippen LogP contribution in [0.15, 0.2) is 36.7 Å². The average Bonchev–Trinajstić information content (AvgIpc) is 3.20. The standard InChI is InChI=1S/C17H20N4O3/c22-21(23)15-11-18-20(12-15)8-7-19-9-10-24-17(13-19)6-5-14-3-1-2-4-16(14)17/h1-4,11-12H,5-10,13H2/t17-/m1/s1. The first kappa shape index (κ1) is 15.3. The third kappa shape index (κ3) is 2.70. The van der Waals surface area contributed by atoms with E-state index in [1.165, 1.54) is 23.5 Å². The molecule has 7 heteroatoms. The summed E-state index contributed by atoms with van der Waals surface area (Å²) in [6.45, 7) is 3.92. The van der Waals surface area contributed by atoms with Crippen molar-refractivity contribution in [3.8, 4) is 0 Å². The van der Waals surface area contributed by atoms with Gasteiger partial charge in [-0.15, -0.1) is 0 Å². The minimum atomic E-state index is -0.414. The molecule has 1 fully saturated rings. The Morgan fingerprint density at radius 3 is 3.04 bits per heavy atom. The van der Waals surface area contributed by atoms with E-state index >= 15 is 0 Å². The molecule has 2 heterocycles. The summed E-state index contributed by atoms with van der Waals surface area (Å²) in [5.74, 6) is 0. The molecule has 1 aromatic carbocycles. The summed E-state index contributed by atoms with van der Waals surface area (Å²) < 4.78 is 7.86. The fourth-order valence-electron chi connectivity index (χ4n) is 3.83. The van der Waals surface area contributed by atoms with Crippen molar-refractivity contribution in [2.45, 2.75) is 25.0 Å². The first-order chi connectivity index (χ1) is 11.7. The topological polar surface area (TPSA) is 73.4 Å². The molecule has 0 N–H and O–H groups in total. The summed E-state index contributed by atoms with van der Waals surface area (Å²) in [4.78, 5) is 12.7. The smallest absolute Gasteiger partial charge is 0.306 e. The zero-order valence-electron chi connectivity index (χ0n) is 13.4. The van der Waals surface area contributed by atoms with E-state index in [0.29, 0.717) is 13.2 Å². The van der Waals surface area contributed by atoms with E-state index in [-0.39, 0.29) is 11.3 Å². The number of rotatable bonds is 4. The Kier molecular flexibility index (Phi) is 3.82. The molecule has 0 unspecified atom stereocenters. The van der Waals surface area contributed by atoms with Crippen LogP contribution in [-0.4, -0.2) is 45.8 Å². The molecule has 0 radical (unpaired) electrons. The normalized spacial score (nSPS) is 23.5. The first-order valence-electron chi connectivity index (χ1n) is 8.28. The molecule has 2 aromatic rings. The van der Waals surface area contributed by atoms with Gasteiger partial charge >= 0.3 is 5.69 Å². The highest BCUT2D eigenvalue weighted by Gasteiger charge is 2.42. The zero-order valence-corrected chi connectivity index (χ0v) is 13.4. The summed E-state index contributed by atoms with van der Waals surface area (Å²) in [7, 11) is 0. The number of benzene rings is 1. The van der Waals surface area contributed by atoms with Gasteiger partial charge in [0.2, 0.25) is 0 Å². The number of nitrogens with zero attached hydrogens (tertiary/aromatic N) is 4. The van der Waals surface area contributed by atoms with E-state index in [4.69, 9.17) is 4.74 Å². The second-order valence-electron chi connectivity index (χ2n) is 6.49. The van der Waals surface area contributed by atoms with E-state index in [1.807, 2.05) is 0 Å². The van der Waals surface area contributed by atoms with Crippen molar-refractivity contribution in [3.63, 3.8) is 0 Å². The molecule has 4 rings (SSSR count). The van der Waals surface area contributed by atoms with Crippen molar-refractivity contribution in [3.05, 3.63) is 57.9 Å². The molecule has 7 nitrogen and oxygen atoms in total. The van der Waals surface area contributed by atoms with Crippen LogP contribution in [0, 0.1) is 10.1 Å². The maximum Gasteiger partial charge on any atom is 0.306 e. The van der Waals surface area contributed by atoms with Gasteiger partial charge in [-0.1, -0.05) is 24.3 Å². The zero-order chi connectivity index (χ0) is 16.6. The largest absolute Gasteiger partial charge is 0.368 e. The monoisotopic (exact) mass is 328 g/mol. The van der Waals surface area contributed by atoms with Gasteiger partial charge in [-0.3, -0.25) is 19.7 Å². The van der Waals surface area contributed by atoms with Crippen LogP contribution in [0.25, 0.3) is 0 Å². The van der Waals surface area contributed by atoms with Crippen molar-refractivity contribution >= 4 is 5.69 Å². The van der Waals surface area contributed by atoms with Gasteiger partial charge in [0.25, 0.3) is 0 Å². The Labute approximate surface area is 140 Å². The van der Waals surface area contributed by atoms with E-state index < -0.39 is 4.92 Å². The Hall–Kier alpha value is -2.25. The molecule has 0 saturated carbocycles. The van der Waals surface area contributed by atoms with Gasteiger partial charge in [-0.2, -0.15) is 5.10 Å². The molecule has 24 heavy (non-hydrogen) atoms. The van der Waals surface area contributed by atoms with Gasteiger partial charge < -0.3 is 4.74 Å². The highest BCUT2D eigenvalue weighted by atomic mass is 16.6. The van der Waals surface area contributed by atoms with Crippen molar-refractivity contribution in [2.24, 2.45) is 0 Å². The van der Waals surface area contributed by atoms with Crippen LogP contribution in [0.1, 0.15) is 17.5 Å². The highest BCUT2D eigenvalue weighted by Crippen LogP contribution is 2.42. The fraction of sp³-hybridized carbons (Fsp3) is 0.471. The lowest BCUT2D eigenvalue weighted by molar-refractivity contribution is -0.385. The lowest BCUT2D eigenvalue weighted by Crippen LogP contribution is -2.49. The molecule has 1 saturated heterocycles. The molecule has 1 aliphatic carbocycles. The molecular formula is C17H20N4O3. The molecule has 2 aliphatic rings. The van der Waals surface area contributed by atoms with Crippen LogP contribution >= 0.6 is 0 Å². The van der Waals surface area contributed by atoms with Crippen LogP contribution < -0.4 is 0 Å². The molecule has 126 valence electrons. The van der Waals surface area contributed by atoms with Gasteiger partial charge in [0, 0.05) is 19.6 Å². The van der Waals surface area contributed by atoms with Gasteiger partial charge in [0.05, 0.1) is 18.1 Å². The molecule has 0 amide bonds. The third-order valence-electron chi connectivity index (χ3n) is 5.05. The minimum absolute atomic E-state index is 0.0400. The van der Waals surface area contributed by atoms with E-state index in [1.54, 1.807) is 4.68 Å². The van der Waals surface area contributed by atoms with Crippen molar-refractivity contribution in [1.29, 1.82) is 0 Å². The molecule has 1 atom stereocenters. The molecule has 0 bridgehead atoms. The maximum atomic E-state index is 10.7. The summed E-state index contributed by atoms with van der Waals surface area (Å²) in [6.07, 6.45) is 4.88. The number of nitro groups is 1. The van der Waals surface area contributed by atoms with E-state index in [2.05, 4.69) is 34.3 Å². The number of ether oxygens (including phenoxy) is 1. The third-order valence-corrected chi connectivity index (χ3v) is 5.05. The number of aryl methyl sites for hydroxylation is 1. The van der Waals surface area contributed by atoms with E-state index in [0.717, 1.165) is 32.5 Å². The lowest BCUT2D eigenvalue weighted by Gasteiger charge is -2.41. The summed E-state index contributed by atoms with van der Waals surface area (Å²) >= 11 is 0. The predicted octanol–water partition coefficient (Wildman–Crippen LogP) is 1.97. The molecular weight excluding hydrogens is 308 g/mol. The second kappa shape index (κ2) is 5.99. The quantitative estimate of drug-likeness (QED) is 0.634. The van der Waals surface area contributed by atoms with Crippen molar-refractivity contribution in [2.75, 3.05) is 26.2 Å². The van der Waals surface area contributed by atoms with Crippen molar-refractivity contribution < 1.29 is 9.66 Å². The van der Waals surface area contributed by atoms with Crippen molar-refractivity contribution in [1.82, 2.24) is 14.7 Å². The summed E-state index contributed by atoms with van der Waals surface area (Å²) in [6, 6.07) is 8.54. The van der Waals surface area contributed by atoms with Crippen LogP contribution in [0.4, 0.5) is 5.69 Å². The number of hydrogen-bond donors (Lipinski definition) is 0. The SMILES string of the molecule is O=[N+]([O-])c1cnn(CCN2CCO[C@]3(CCc4ccccc43)C2)c1. The van der Waals surface area contributed by atoms with Crippen LogP contribution in [0.2, 0.25) is 0 Å². The number of aromatic nitrogens is 2. The Bertz CT molecular complexity index is 756. The molecule has 1 spiro atoms. The number of fused-ring (bicyclic) bond motifs is 2. The van der Waals surface area contributed by atoms with Gasteiger partial charge in [-0.05, 0) is 24.0 Å². The van der Waals surface area contributed by atoms with Crippen LogP contribution in [-0.2, 0) is 23.3 Å². The van der Waals surface area contributed by atoms with Gasteiger partial charge in [0.15, 0.2) is 0 Å². The average molecular weight is 328 g/mol. The minimum Gasteiger partial charge on any atom is -0.368 e. The Morgan fingerprint density at radius 1 is 1.33 bits per heavy atom. The Balaban J connectivity index is 1.43. The highest BCUT2D eigenvalue weighted by molar-refractivity contribution is 5.38. The Morgan fingerprint density at radius 2 is 2.21 bits per heavy atom. The van der Waals surface area contributed by atoms with Gasteiger partial charge in [-0.25, -0.2) is 0 Å². The predicted molar refractivity (Wildman–Crippen MR) is 87.7 cm³/mol. The van der Waals surface area contributed by atoms with Gasteiger partial charge in [0.1, 0.15) is 18.0 Å². The lowest BCUT2D eigenvalue weighted by atomic mass is 9.93. The van der Waals surface area contributed by atoms with Crippen LogP contribution in [0.5, 0.6) is 0 Å². The molecule has 1 aliphatic heterocycles. The van der Waals surface area contributed by atoms with E-state index in [9.17, 15) is 10.1 Å². The number of hydrogen-bond acceptors (Lipinski definition) is 5.